The second-order valence-electron chi connectivity index (χ2n) is 7.08. The fourth-order valence-corrected chi connectivity index (χ4v) is 2.93. The summed E-state index contributed by atoms with van der Waals surface area (Å²) in [6.45, 7) is 12.9. The second kappa shape index (κ2) is 7.90. The second-order valence-corrected chi connectivity index (χ2v) is 7.08. The molecule has 1 N–H and O–H groups in total. The minimum absolute atomic E-state index is 0.549. The summed E-state index contributed by atoms with van der Waals surface area (Å²) in [5, 5.41) is 7.71. The van der Waals surface area contributed by atoms with Crippen molar-refractivity contribution in [3.63, 3.8) is 0 Å². The molecule has 1 aliphatic rings. The van der Waals surface area contributed by atoms with Crippen LogP contribution in [0.1, 0.15) is 52.3 Å². The molecule has 1 aliphatic heterocycles. The lowest BCUT2D eigenvalue weighted by atomic mass is 10.1. The molecule has 2 rings (SSSR count). The van der Waals surface area contributed by atoms with E-state index in [1.165, 1.54) is 12.8 Å². The summed E-state index contributed by atoms with van der Waals surface area (Å²) in [5.41, 5.74) is 0. The highest BCUT2D eigenvalue weighted by Crippen LogP contribution is 2.12. The van der Waals surface area contributed by atoms with E-state index in [0.29, 0.717) is 17.9 Å². The van der Waals surface area contributed by atoms with Gasteiger partial charge in [-0.05, 0) is 31.2 Å². The third kappa shape index (κ3) is 5.75. The topological polar surface area (TPSA) is 54.2 Å². The fourth-order valence-electron chi connectivity index (χ4n) is 2.93. The van der Waals surface area contributed by atoms with Crippen LogP contribution in [0.5, 0.6) is 0 Å². The number of rotatable bonds is 8. The van der Waals surface area contributed by atoms with E-state index in [1.807, 2.05) is 0 Å². The monoisotopic (exact) mass is 294 g/mol. The Labute approximate surface area is 128 Å². The van der Waals surface area contributed by atoms with Gasteiger partial charge in [0.1, 0.15) is 0 Å². The first-order valence-corrected chi connectivity index (χ1v) is 8.30. The lowest BCUT2D eigenvalue weighted by Crippen LogP contribution is -2.39. The molecule has 1 unspecified atom stereocenters. The van der Waals surface area contributed by atoms with Gasteiger partial charge >= 0.3 is 0 Å². The van der Waals surface area contributed by atoms with Crippen LogP contribution in [0.2, 0.25) is 0 Å². The van der Waals surface area contributed by atoms with Crippen LogP contribution in [0.25, 0.3) is 0 Å². The van der Waals surface area contributed by atoms with Crippen molar-refractivity contribution in [1.82, 2.24) is 20.4 Å². The van der Waals surface area contributed by atoms with Crippen molar-refractivity contribution in [2.24, 2.45) is 11.8 Å². The molecule has 120 valence electrons. The van der Waals surface area contributed by atoms with Crippen LogP contribution in [0.3, 0.4) is 0 Å². The first kappa shape index (κ1) is 16.4. The maximum absolute atomic E-state index is 5.35. The molecular formula is C16H30N4O. The Bertz CT molecular complexity index is 410. The molecule has 0 amide bonds. The maximum atomic E-state index is 5.35. The summed E-state index contributed by atoms with van der Waals surface area (Å²) in [5.74, 6) is 2.79. The van der Waals surface area contributed by atoms with Crippen LogP contribution in [0.4, 0.5) is 0 Å². The molecule has 0 saturated carbocycles. The SMILES string of the molecule is CC(C)Cc1nc(CN(CC(C)C)CC2CCCN2)no1. The smallest absolute Gasteiger partial charge is 0.226 e. The van der Waals surface area contributed by atoms with Crippen molar-refractivity contribution in [2.45, 2.75) is 59.5 Å². The van der Waals surface area contributed by atoms with Crippen molar-refractivity contribution >= 4 is 0 Å². The van der Waals surface area contributed by atoms with Gasteiger partial charge in [0.05, 0.1) is 6.54 Å². The number of nitrogens with zero attached hydrogens (tertiary/aromatic N) is 3. The molecule has 1 atom stereocenters. The van der Waals surface area contributed by atoms with Gasteiger partial charge in [0.25, 0.3) is 0 Å². The number of nitrogens with one attached hydrogen (secondary N) is 1. The molecule has 1 fully saturated rings. The highest BCUT2D eigenvalue weighted by atomic mass is 16.5. The number of aromatic nitrogens is 2. The van der Waals surface area contributed by atoms with Gasteiger partial charge in [0.2, 0.25) is 5.89 Å². The molecule has 1 aromatic heterocycles. The normalized spacial score (nSPS) is 19.3. The molecule has 0 radical (unpaired) electrons. The minimum atomic E-state index is 0.549. The summed E-state index contributed by atoms with van der Waals surface area (Å²) < 4.78 is 5.35. The van der Waals surface area contributed by atoms with Crippen molar-refractivity contribution in [1.29, 1.82) is 0 Å². The van der Waals surface area contributed by atoms with Gasteiger partial charge < -0.3 is 9.84 Å². The Hall–Kier alpha value is -0.940. The largest absolute Gasteiger partial charge is 0.339 e. The zero-order valence-corrected chi connectivity index (χ0v) is 13.9. The third-order valence-electron chi connectivity index (χ3n) is 3.72. The maximum Gasteiger partial charge on any atom is 0.226 e. The summed E-state index contributed by atoms with van der Waals surface area (Å²) in [6.07, 6.45) is 3.43. The van der Waals surface area contributed by atoms with E-state index in [-0.39, 0.29) is 0 Å². The molecule has 2 heterocycles. The standard InChI is InChI=1S/C16H30N4O/c1-12(2)8-16-18-15(19-21-16)11-20(9-13(3)4)10-14-6-5-7-17-14/h12-14,17H,5-11H2,1-4H3. The molecule has 5 nitrogen and oxygen atoms in total. The van der Waals surface area contributed by atoms with Gasteiger partial charge in [-0.15, -0.1) is 0 Å². The Morgan fingerprint density at radius 1 is 1.29 bits per heavy atom. The quantitative estimate of drug-likeness (QED) is 0.798. The Balaban J connectivity index is 1.91. The molecule has 0 bridgehead atoms. The summed E-state index contributed by atoms with van der Waals surface area (Å²) >= 11 is 0. The van der Waals surface area contributed by atoms with E-state index in [0.717, 1.165) is 44.3 Å². The van der Waals surface area contributed by atoms with Crippen molar-refractivity contribution in [2.75, 3.05) is 19.6 Å². The van der Waals surface area contributed by atoms with Crippen LogP contribution in [-0.2, 0) is 13.0 Å². The Kier molecular flexibility index (Phi) is 6.18. The molecular weight excluding hydrogens is 264 g/mol. The molecule has 1 saturated heterocycles. The molecule has 0 aromatic carbocycles. The van der Waals surface area contributed by atoms with Gasteiger partial charge in [0.15, 0.2) is 5.82 Å². The molecule has 0 aliphatic carbocycles. The van der Waals surface area contributed by atoms with E-state index < -0.39 is 0 Å². The van der Waals surface area contributed by atoms with E-state index in [4.69, 9.17) is 4.52 Å². The zero-order chi connectivity index (χ0) is 15.2. The first-order valence-electron chi connectivity index (χ1n) is 8.30. The highest BCUT2D eigenvalue weighted by Gasteiger charge is 2.20. The van der Waals surface area contributed by atoms with Crippen LogP contribution in [0, 0.1) is 11.8 Å². The van der Waals surface area contributed by atoms with Crippen molar-refractivity contribution in [3.8, 4) is 0 Å². The third-order valence-corrected chi connectivity index (χ3v) is 3.72. The number of hydrogen-bond acceptors (Lipinski definition) is 5. The summed E-state index contributed by atoms with van der Waals surface area (Å²) in [4.78, 5) is 6.99. The van der Waals surface area contributed by atoms with Gasteiger partial charge in [0, 0.05) is 25.6 Å². The predicted molar refractivity (Wildman–Crippen MR) is 84.0 cm³/mol. The van der Waals surface area contributed by atoms with Gasteiger partial charge in [-0.25, -0.2) is 0 Å². The summed E-state index contributed by atoms with van der Waals surface area (Å²) in [6, 6.07) is 0.616. The van der Waals surface area contributed by atoms with E-state index >= 15 is 0 Å². The molecule has 21 heavy (non-hydrogen) atoms. The minimum Gasteiger partial charge on any atom is -0.339 e. The van der Waals surface area contributed by atoms with Gasteiger partial charge in [-0.1, -0.05) is 32.9 Å². The Morgan fingerprint density at radius 2 is 2.10 bits per heavy atom. The summed E-state index contributed by atoms with van der Waals surface area (Å²) in [7, 11) is 0. The highest BCUT2D eigenvalue weighted by molar-refractivity contribution is 4.89. The average molecular weight is 294 g/mol. The van der Waals surface area contributed by atoms with Crippen molar-refractivity contribution < 1.29 is 4.52 Å². The van der Waals surface area contributed by atoms with Crippen LogP contribution >= 0.6 is 0 Å². The number of hydrogen-bond donors (Lipinski definition) is 1. The first-order chi connectivity index (χ1) is 10.0. The molecule has 0 spiro atoms. The van der Waals surface area contributed by atoms with E-state index in [1.54, 1.807) is 0 Å². The predicted octanol–water partition coefficient (Wildman–Crippen LogP) is 2.48. The van der Waals surface area contributed by atoms with E-state index in [2.05, 4.69) is 48.1 Å². The van der Waals surface area contributed by atoms with Crippen LogP contribution < -0.4 is 5.32 Å². The average Bonchev–Trinajstić information content (AvgIpc) is 3.00. The van der Waals surface area contributed by atoms with Crippen LogP contribution in [0.15, 0.2) is 4.52 Å². The van der Waals surface area contributed by atoms with Crippen LogP contribution in [-0.4, -0.2) is 40.7 Å². The fraction of sp³-hybridized carbons (Fsp3) is 0.875. The lowest BCUT2D eigenvalue weighted by Gasteiger charge is -2.25. The lowest BCUT2D eigenvalue weighted by molar-refractivity contribution is 0.208. The van der Waals surface area contributed by atoms with E-state index in [9.17, 15) is 0 Å². The van der Waals surface area contributed by atoms with Gasteiger partial charge in [-0.2, -0.15) is 4.98 Å². The Morgan fingerprint density at radius 3 is 2.71 bits per heavy atom. The zero-order valence-electron chi connectivity index (χ0n) is 13.9. The molecule has 5 heteroatoms. The van der Waals surface area contributed by atoms with Crippen molar-refractivity contribution in [3.05, 3.63) is 11.7 Å². The van der Waals surface area contributed by atoms with Gasteiger partial charge in [-0.3, -0.25) is 4.90 Å². The molecule has 1 aromatic rings.